The molecular formula is C14H11N3O5. The summed E-state index contributed by atoms with van der Waals surface area (Å²) in [7, 11) is 0. The zero-order chi connectivity index (χ0) is 15.9. The van der Waals surface area contributed by atoms with Gasteiger partial charge in [-0.15, -0.1) is 0 Å². The van der Waals surface area contributed by atoms with E-state index in [0.29, 0.717) is 0 Å². The Morgan fingerprint density at radius 1 is 1.32 bits per heavy atom. The number of phenols is 1. The Balaban J connectivity index is 1.90. The molecule has 0 fully saturated rings. The van der Waals surface area contributed by atoms with Gasteiger partial charge in [-0.3, -0.25) is 14.9 Å². The number of phenolic OH excluding ortho intramolecular Hbond substituents is 1. The summed E-state index contributed by atoms with van der Waals surface area (Å²) < 4.78 is 4.89. The van der Waals surface area contributed by atoms with Gasteiger partial charge in [0, 0.05) is 6.21 Å². The number of aromatic hydroxyl groups is 1. The number of rotatable bonds is 5. The molecule has 0 saturated heterocycles. The van der Waals surface area contributed by atoms with E-state index in [1.54, 1.807) is 12.1 Å². The number of hydrogen-bond donors (Lipinski definition) is 2. The van der Waals surface area contributed by atoms with Crippen molar-refractivity contribution in [1.82, 2.24) is 5.43 Å². The number of amides is 1. The summed E-state index contributed by atoms with van der Waals surface area (Å²) in [6.07, 6.45) is 4.16. The fourth-order valence-electron chi connectivity index (χ4n) is 1.53. The van der Waals surface area contributed by atoms with Crippen molar-refractivity contribution in [2.75, 3.05) is 0 Å². The fourth-order valence-corrected chi connectivity index (χ4v) is 1.53. The topological polar surface area (TPSA) is 118 Å². The molecule has 2 N–H and O–H groups in total. The zero-order valence-electron chi connectivity index (χ0n) is 11.2. The minimum Gasteiger partial charge on any atom is -0.507 e. The Hall–Kier alpha value is -3.42. The molecule has 1 amide bonds. The van der Waals surface area contributed by atoms with Gasteiger partial charge < -0.3 is 9.52 Å². The van der Waals surface area contributed by atoms with Crippen LogP contribution in [0.2, 0.25) is 0 Å². The number of nitro groups is 1. The predicted molar refractivity (Wildman–Crippen MR) is 78.5 cm³/mol. The highest BCUT2D eigenvalue weighted by Crippen LogP contribution is 2.16. The molecule has 112 valence electrons. The van der Waals surface area contributed by atoms with Crippen LogP contribution < -0.4 is 5.43 Å². The lowest BCUT2D eigenvalue weighted by Gasteiger charge is -2.01. The summed E-state index contributed by atoms with van der Waals surface area (Å²) in [5.41, 5.74) is 2.33. The number of allylic oxidation sites excluding steroid dienone is 1. The number of nitrogens with one attached hydrogen (secondary N) is 1. The maximum absolute atomic E-state index is 11.7. The number of carbonyl (C=O) groups is 1. The van der Waals surface area contributed by atoms with Gasteiger partial charge in [-0.1, -0.05) is 12.1 Å². The first kappa shape index (κ1) is 15.0. The number of nitrogens with zero attached hydrogens (tertiary/aromatic N) is 2. The predicted octanol–water partition coefficient (Wildman–Crippen LogP) is 2.32. The first-order valence-electron chi connectivity index (χ1n) is 6.10. The molecule has 22 heavy (non-hydrogen) atoms. The highest BCUT2D eigenvalue weighted by molar-refractivity contribution is 5.97. The maximum atomic E-state index is 11.7. The summed E-state index contributed by atoms with van der Waals surface area (Å²) in [6.45, 7) is 0. The van der Waals surface area contributed by atoms with Crippen molar-refractivity contribution in [2.24, 2.45) is 5.10 Å². The van der Waals surface area contributed by atoms with Gasteiger partial charge in [-0.05, 0) is 30.4 Å². The normalized spacial score (nSPS) is 11.1. The monoisotopic (exact) mass is 301 g/mol. The minimum absolute atomic E-state index is 0.102. The Kier molecular flexibility index (Phi) is 4.66. The van der Waals surface area contributed by atoms with E-state index in [1.165, 1.54) is 42.6 Å². The van der Waals surface area contributed by atoms with Gasteiger partial charge in [0.05, 0.1) is 11.6 Å². The third-order valence-electron chi connectivity index (χ3n) is 2.53. The molecule has 8 heteroatoms. The van der Waals surface area contributed by atoms with E-state index in [9.17, 15) is 20.0 Å². The van der Waals surface area contributed by atoms with Crippen LogP contribution in [0.4, 0.5) is 5.88 Å². The lowest BCUT2D eigenvalue weighted by atomic mass is 10.2. The van der Waals surface area contributed by atoms with E-state index in [-0.39, 0.29) is 23.0 Å². The van der Waals surface area contributed by atoms with Crippen molar-refractivity contribution in [3.8, 4) is 5.75 Å². The van der Waals surface area contributed by atoms with E-state index in [2.05, 4.69) is 10.5 Å². The van der Waals surface area contributed by atoms with Crippen LogP contribution in [-0.2, 0) is 0 Å². The largest absolute Gasteiger partial charge is 0.507 e. The smallest absolute Gasteiger partial charge is 0.433 e. The summed E-state index contributed by atoms with van der Waals surface area (Å²) >= 11 is 0. The van der Waals surface area contributed by atoms with Crippen molar-refractivity contribution < 1.29 is 19.2 Å². The number of benzene rings is 1. The van der Waals surface area contributed by atoms with Crippen molar-refractivity contribution in [3.05, 3.63) is 63.9 Å². The first-order valence-corrected chi connectivity index (χ1v) is 6.10. The highest BCUT2D eigenvalue weighted by Gasteiger charge is 2.09. The van der Waals surface area contributed by atoms with Crippen LogP contribution >= 0.6 is 0 Å². The molecule has 0 radical (unpaired) electrons. The second kappa shape index (κ2) is 6.84. The van der Waals surface area contributed by atoms with Crippen LogP contribution in [0.25, 0.3) is 6.08 Å². The van der Waals surface area contributed by atoms with E-state index in [1.807, 2.05) is 0 Å². The second-order valence-corrected chi connectivity index (χ2v) is 4.03. The second-order valence-electron chi connectivity index (χ2n) is 4.03. The molecule has 2 rings (SSSR count). The summed E-state index contributed by atoms with van der Waals surface area (Å²) in [6, 6.07) is 8.73. The lowest BCUT2D eigenvalue weighted by molar-refractivity contribution is -0.402. The van der Waals surface area contributed by atoms with Crippen LogP contribution in [0, 0.1) is 10.1 Å². The van der Waals surface area contributed by atoms with E-state index >= 15 is 0 Å². The maximum Gasteiger partial charge on any atom is 0.433 e. The SMILES string of the molecule is O=C(N/N=C/C=C/c1ccc([N+](=O)[O-])o1)c1ccccc1O. The van der Waals surface area contributed by atoms with Crippen molar-refractivity contribution in [1.29, 1.82) is 0 Å². The van der Waals surface area contributed by atoms with Crippen LogP contribution in [-0.4, -0.2) is 22.2 Å². The number of furan rings is 1. The van der Waals surface area contributed by atoms with Crippen LogP contribution in [0.15, 0.2) is 52.0 Å². The van der Waals surface area contributed by atoms with Crippen molar-refractivity contribution in [3.63, 3.8) is 0 Å². The van der Waals surface area contributed by atoms with Crippen LogP contribution in [0.1, 0.15) is 16.1 Å². The molecule has 0 aliphatic heterocycles. The minimum atomic E-state index is -0.641. The molecule has 0 saturated carbocycles. The van der Waals surface area contributed by atoms with E-state index in [4.69, 9.17) is 4.42 Å². The Labute approximate surface area is 124 Å². The molecule has 0 bridgehead atoms. The average Bonchev–Trinajstić information content (AvgIpc) is 2.96. The Bertz CT molecular complexity index is 748. The van der Waals surface area contributed by atoms with E-state index in [0.717, 1.165) is 0 Å². The van der Waals surface area contributed by atoms with Gasteiger partial charge >= 0.3 is 5.88 Å². The molecule has 8 nitrogen and oxygen atoms in total. The Morgan fingerprint density at radius 2 is 2.09 bits per heavy atom. The van der Waals surface area contributed by atoms with Gasteiger partial charge in [-0.25, -0.2) is 5.43 Å². The number of hydrazone groups is 1. The number of para-hydroxylation sites is 1. The molecule has 1 aromatic heterocycles. The fraction of sp³-hybridized carbons (Fsp3) is 0. The van der Waals surface area contributed by atoms with Gasteiger partial charge in [0.2, 0.25) is 0 Å². The molecule has 0 atom stereocenters. The quantitative estimate of drug-likeness (QED) is 0.499. The summed E-state index contributed by atoms with van der Waals surface area (Å²) in [4.78, 5) is 21.5. The molecule has 0 aliphatic carbocycles. The molecule has 1 aromatic carbocycles. The van der Waals surface area contributed by atoms with Gasteiger partial charge in [0.1, 0.15) is 16.4 Å². The first-order chi connectivity index (χ1) is 10.6. The lowest BCUT2D eigenvalue weighted by Crippen LogP contribution is -2.17. The van der Waals surface area contributed by atoms with E-state index < -0.39 is 10.8 Å². The van der Waals surface area contributed by atoms with Gasteiger partial charge in [0.15, 0.2) is 0 Å². The molecule has 2 aromatic rings. The average molecular weight is 301 g/mol. The Morgan fingerprint density at radius 3 is 2.77 bits per heavy atom. The zero-order valence-corrected chi connectivity index (χ0v) is 11.2. The molecule has 0 spiro atoms. The van der Waals surface area contributed by atoms with Crippen molar-refractivity contribution >= 4 is 24.1 Å². The number of carbonyl (C=O) groups excluding carboxylic acids is 1. The third-order valence-corrected chi connectivity index (χ3v) is 2.53. The van der Waals surface area contributed by atoms with Gasteiger partial charge in [0.25, 0.3) is 5.91 Å². The molecule has 0 aliphatic rings. The molecular weight excluding hydrogens is 290 g/mol. The van der Waals surface area contributed by atoms with Crippen LogP contribution in [0.3, 0.4) is 0 Å². The third kappa shape index (κ3) is 3.79. The summed E-state index contributed by atoms with van der Waals surface area (Å²) in [5.74, 6) is -0.778. The standard InChI is InChI=1S/C14H11N3O5/c18-12-6-2-1-5-11(12)14(19)16-15-9-3-4-10-7-8-13(22-10)17(20)21/h1-9,18H,(H,16,19)/b4-3+,15-9+. The van der Waals surface area contributed by atoms with Crippen LogP contribution in [0.5, 0.6) is 5.75 Å². The highest BCUT2D eigenvalue weighted by atomic mass is 16.6. The summed E-state index contributed by atoms with van der Waals surface area (Å²) in [5, 5.41) is 23.6. The molecule has 0 unspecified atom stereocenters. The van der Waals surface area contributed by atoms with Gasteiger partial charge in [-0.2, -0.15) is 5.10 Å². The molecule has 1 heterocycles. The number of hydrogen-bond acceptors (Lipinski definition) is 6. The van der Waals surface area contributed by atoms with Crippen molar-refractivity contribution in [2.45, 2.75) is 0 Å².